The zero-order valence-corrected chi connectivity index (χ0v) is 11.2. The summed E-state index contributed by atoms with van der Waals surface area (Å²) in [5, 5.41) is 4.78. The summed E-state index contributed by atoms with van der Waals surface area (Å²) in [7, 11) is 0. The number of anilines is 1. The van der Waals surface area contributed by atoms with E-state index in [1.54, 1.807) is 0 Å². The fourth-order valence-corrected chi connectivity index (χ4v) is 1.74. The molecule has 2 N–H and O–H groups in total. The van der Waals surface area contributed by atoms with Crippen molar-refractivity contribution in [1.29, 1.82) is 0 Å². The molecular formula is C15H22N2. The maximum Gasteiger partial charge on any atom is 0.0455 e. The molecule has 0 bridgehead atoms. The molecule has 0 aliphatic carbocycles. The van der Waals surface area contributed by atoms with Gasteiger partial charge in [0.25, 0.3) is 0 Å². The Morgan fingerprint density at radius 3 is 2.71 bits per heavy atom. The SMILES string of the molecule is CC(CNc1ccc2[nH]ccc2c1)C(C)(C)C. The lowest BCUT2D eigenvalue weighted by molar-refractivity contribution is 0.274. The first kappa shape index (κ1) is 12.0. The first-order valence-corrected chi connectivity index (χ1v) is 6.28. The molecule has 1 aromatic carbocycles. The fourth-order valence-electron chi connectivity index (χ4n) is 1.74. The highest BCUT2D eigenvalue weighted by Gasteiger charge is 2.19. The van der Waals surface area contributed by atoms with Crippen LogP contribution in [-0.2, 0) is 0 Å². The fraction of sp³-hybridized carbons (Fsp3) is 0.467. The van der Waals surface area contributed by atoms with Crippen molar-refractivity contribution in [3.8, 4) is 0 Å². The Kier molecular flexibility index (Phi) is 3.14. The largest absolute Gasteiger partial charge is 0.385 e. The van der Waals surface area contributed by atoms with E-state index in [4.69, 9.17) is 0 Å². The average Bonchev–Trinajstić information content (AvgIpc) is 2.71. The molecule has 0 spiro atoms. The summed E-state index contributed by atoms with van der Waals surface area (Å²) in [6.45, 7) is 10.2. The van der Waals surface area contributed by atoms with Crippen molar-refractivity contribution < 1.29 is 0 Å². The van der Waals surface area contributed by atoms with Gasteiger partial charge in [-0.05, 0) is 35.6 Å². The number of fused-ring (bicyclic) bond motifs is 1. The van der Waals surface area contributed by atoms with Crippen molar-refractivity contribution in [3.63, 3.8) is 0 Å². The molecule has 2 rings (SSSR count). The van der Waals surface area contributed by atoms with Crippen molar-refractivity contribution in [1.82, 2.24) is 4.98 Å². The molecule has 2 nitrogen and oxygen atoms in total. The minimum atomic E-state index is 0.352. The highest BCUT2D eigenvalue weighted by atomic mass is 14.9. The number of aromatic amines is 1. The van der Waals surface area contributed by atoms with Gasteiger partial charge in [-0.3, -0.25) is 0 Å². The summed E-state index contributed by atoms with van der Waals surface area (Å²) in [6.07, 6.45) is 1.98. The van der Waals surface area contributed by atoms with E-state index >= 15 is 0 Å². The standard InChI is InChI=1S/C15H22N2/c1-11(15(2,3)4)10-17-13-5-6-14-12(9-13)7-8-16-14/h5-9,11,16-17H,10H2,1-4H3. The predicted molar refractivity (Wildman–Crippen MR) is 75.4 cm³/mol. The third kappa shape index (κ3) is 2.82. The summed E-state index contributed by atoms with van der Waals surface area (Å²) in [5.41, 5.74) is 2.75. The van der Waals surface area contributed by atoms with Crippen molar-refractivity contribution in [2.75, 3.05) is 11.9 Å². The number of benzene rings is 1. The number of H-pyrrole nitrogens is 1. The van der Waals surface area contributed by atoms with Gasteiger partial charge in [-0.25, -0.2) is 0 Å². The molecule has 0 amide bonds. The Hall–Kier alpha value is -1.44. The van der Waals surface area contributed by atoms with Gasteiger partial charge in [0, 0.05) is 29.3 Å². The van der Waals surface area contributed by atoms with Crippen LogP contribution in [0.25, 0.3) is 10.9 Å². The second kappa shape index (κ2) is 4.44. The van der Waals surface area contributed by atoms with E-state index in [2.05, 4.69) is 62.3 Å². The number of rotatable bonds is 3. The van der Waals surface area contributed by atoms with Crippen LogP contribution < -0.4 is 5.32 Å². The summed E-state index contributed by atoms with van der Waals surface area (Å²) < 4.78 is 0. The number of hydrogen-bond donors (Lipinski definition) is 2. The maximum absolute atomic E-state index is 3.52. The molecule has 2 heteroatoms. The normalized spacial score (nSPS) is 13.9. The quantitative estimate of drug-likeness (QED) is 0.810. The third-order valence-corrected chi connectivity index (χ3v) is 3.64. The Balaban J connectivity index is 2.03. The Morgan fingerprint density at radius 1 is 1.24 bits per heavy atom. The van der Waals surface area contributed by atoms with Crippen molar-refractivity contribution in [3.05, 3.63) is 30.5 Å². The first-order valence-electron chi connectivity index (χ1n) is 6.28. The second-order valence-electron chi connectivity index (χ2n) is 5.93. The molecule has 1 atom stereocenters. The van der Waals surface area contributed by atoms with Crippen LogP contribution >= 0.6 is 0 Å². The van der Waals surface area contributed by atoms with Crippen LogP contribution in [0.15, 0.2) is 30.5 Å². The summed E-state index contributed by atoms with van der Waals surface area (Å²) in [5.74, 6) is 0.643. The van der Waals surface area contributed by atoms with Crippen LogP contribution in [-0.4, -0.2) is 11.5 Å². The number of hydrogen-bond acceptors (Lipinski definition) is 1. The van der Waals surface area contributed by atoms with Gasteiger partial charge in [0.15, 0.2) is 0 Å². The topological polar surface area (TPSA) is 27.8 Å². The first-order chi connectivity index (χ1) is 7.97. The molecule has 0 fully saturated rings. The van der Waals surface area contributed by atoms with E-state index in [9.17, 15) is 0 Å². The van der Waals surface area contributed by atoms with E-state index in [1.165, 1.54) is 16.6 Å². The Labute approximate surface area is 103 Å². The van der Waals surface area contributed by atoms with E-state index in [0.717, 1.165) is 6.54 Å². The minimum Gasteiger partial charge on any atom is -0.385 e. The van der Waals surface area contributed by atoms with Crippen LogP contribution in [0.5, 0.6) is 0 Å². The van der Waals surface area contributed by atoms with Crippen LogP contribution in [0.4, 0.5) is 5.69 Å². The molecule has 1 unspecified atom stereocenters. The van der Waals surface area contributed by atoms with Gasteiger partial charge in [-0.15, -0.1) is 0 Å². The van der Waals surface area contributed by atoms with Gasteiger partial charge < -0.3 is 10.3 Å². The molecule has 0 saturated carbocycles. The molecule has 0 aliphatic heterocycles. The number of aromatic nitrogens is 1. The molecule has 1 aromatic heterocycles. The molecule has 0 saturated heterocycles. The van der Waals surface area contributed by atoms with Crippen LogP contribution in [0.1, 0.15) is 27.7 Å². The second-order valence-corrected chi connectivity index (χ2v) is 5.93. The van der Waals surface area contributed by atoms with E-state index < -0.39 is 0 Å². The zero-order valence-electron chi connectivity index (χ0n) is 11.2. The van der Waals surface area contributed by atoms with Gasteiger partial charge in [0.2, 0.25) is 0 Å². The molecule has 17 heavy (non-hydrogen) atoms. The lowest BCUT2D eigenvalue weighted by atomic mass is 9.82. The van der Waals surface area contributed by atoms with Gasteiger partial charge in [0.1, 0.15) is 0 Å². The lowest BCUT2D eigenvalue weighted by Crippen LogP contribution is -2.24. The predicted octanol–water partition coefficient (Wildman–Crippen LogP) is 4.26. The van der Waals surface area contributed by atoms with Crippen molar-refractivity contribution >= 4 is 16.6 Å². The van der Waals surface area contributed by atoms with Crippen LogP contribution in [0.3, 0.4) is 0 Å². The van der Waals surface area contributed by atoms with Gasteiger partial charge >= 0.3 is 0 Å². The average molecular weight is 230 g/mol. The molecular weight excluding hydrogens is 208 g/mol. The van der Waals surface area contributed by atoms with Gasteiger partial charge in [-0.1, -0.05) is 27.7 Å². The van der Waals surface area contributed by atoms with Crippen molar-refractivity contribution in [2.24, 2.45) is 11.3 Å². The van der Waals surface area contributed by atoms with Gasteiger partial charge in [-0.2, -0.15) is 0 Å². The smallest absolute Gasteiger partial charge is 0.0455 e. The minimum absolute atomic E-state index is 0.352. The van der Waals surface area contributed by atoms with Gasteiger partial charge in [0.05, 0.1) is 0 Å². The monoisotopic (exact) mass is 230 g/mol. The lowest BCUT2D eigenvalue weighted by Gasteiger charge is -2.27. The molecule has 1 heterocycles. The Morgan fingerprint density at radius 2 is 2.00 bits per heavy atom. The zero-order chi connectivity index (χ0) is 12.5. The maximum atomic E-state index is 3.52. The van der Waals surface area contributed by atoms with E-state index in [1.807, 2.05) is 6.20 Å². The van der Waals surface area contributed by atoms with E-state index in [-0.39, 0.29) is 0 Å². The van der Waals surface area contributed by atoms with Crippen LogP contribution in [0, 0.1) is 11.3 Å². The Bertz CT molecular complexity index is 491. The number of nitrogens with one attached hydrogen (secondary N) is 2. The summed E-state index contributed by atoms with van der Waals surface area (Å²) >= 11 is 0. The molecule has 0 aliphatic rings. The van der Waals surface area contributed by atoms with E-state index in [0.29, 0.717) is 11.3 Å². The summed E-state index contributed by atoms with van der Waals surface area (Å²) in [6, 6.07) is 8.56. The highest BCUT2D eigenvalue weighted by molar-refractivity contribution is 5.82. The molecule has 0 radical (unpaired) electrons. The highest BCUT2D eigenvalue weighted by Crippen LogP contribution is 2.26. The van der Waals surface area contributed by atoms with Crippen molar-refractivity contribution in [2.45, 2.75) is 27.7 Å². The molecule has 92 valence electrons. The third-order valence-electron chi connectivity index (χ3n) is 3.64. The summed E-state index contributed by atoms with van der Waals surface area (Å²) in [4.78, 5) is 3.21. The van der Waals surface area contributed by atoms with Crippen LogP contribution in [0.2, 0.25) is 0 Å². The molecule has 2 aromatic rings.